The number of hydrogen-bond donors (Lipinski definition) is 0. The molecule has 212 valence electrons. The van der Waals surface area contributed by atoms with E-state index >= 15 is 0 Å². The molecule has 0 radical (unpaired) electrons. The van der Waals surface area contributed by atoms with Gasteiger partial charge in [-0.1, -0.05) is 85.0 Å². The maximum Gasteiger partial charge on any atom is 0.137 e. The number of nitrogens with zero attached hydrogens (tertiary/aromatic N) is 4. The molecule has 44 heavy (non-hydrogen) atoms. The fourth-order valence-corrected chi connectivity index (χ4v) is 6.75. The Labute approximate surface area is 258 Å². The zero-order valence-electron chi connectivity index (χ0n) is 24.8. The van der Waals surface area contributed by atoms with Gasteiger partial charge in [0.15, 0.2) is 0 Å². The lowest BCUT2D eigenvalue weighted by Gasteiger charge is -2.42. The summed E-state index contributed by atoms with van der Waals surface area (Å²) in [6.07, 6.45) is 17.8. The van der Waals surface area contributed by atoms with E-state index in [4.69, 9.17) is 9.97 Å². The summed E-state index contributed by atoms with van der Waals surface area (Å²) in [6, 6.07) is 34.2. The molecule has 0 fully saturated rings. The number of para-hydroxylation sites is 2. The molecule has 3 aliphatic rings. The summed E-state index contributed by atoms with van der Waals surface area (Å²) in [5, 5.41) is 0. The van der Waals surface area contributed by atoms with Crippen LogP contribution in [0.5, 0.6) is 0 Å². The molecule has 0 aliphatic heterocycles. The minimum absolute atomic E-state index is 0.146. The van der Waals surface area contributed by atoms with E-state index in [0.717, 1.165) is 39.8 Å². The Morgan fingerprint density at radius 3 is 1.86 bits per heavy atom. The third kappa shape index (κ3) is 4.38. The molecule has 0 saturated heterocycles. The zero-order chi connectivity index (χ0) is 29.6. The van der Waals surface area contributed by atoms with Gasteiger partial charge in [0.25, 0.3) is 0 Å². The van der Waals surface area contributed by atoms with Gasteiger partial charge in [0, 0.05) is 46.9 Å². The van der Waals surface area contributed by atoms with Crippen LogP contribution in [0.2, 0.25) is 0 Å². The second kappa shape index (κ2) is 10.7. The van der Waals surface area contributed by atoms with Crippen molar-refractivity contribution in [1.29, 1.82) is 0 Å². The Morgan fingerprint density at radius 1 is 0.591 bits per heavy atom. The Kier molecular flexibility index (Phi) is 6.34. The van der Waals surface area contributed by atoms with Gasteiger partial charge in [-0.25, -0.2) is 9.97 Å². The van der Waals surface area contributed by atoms with Gasteiger partial charge in [0.2, 0.25) is 0 Å². The average molecular weight is 569 g/mol. The SMILES string of the molecule is Cc1ccc(N(C2=CC=C3C=Cc4c(N(c5ccccc5)c5ccc(C)cn5)ccc5c4C3C2C=C5)c2ccccc2)nc1. The van der Waals surface area contributed by atoms with Crippen LogP contribution in [0.1, 0.15) is 33.7 Å². The molecule has 2 aromatic heterocycles. The molecule has 3 aromatic carbocycles. The van der Waals surface area contributed by atoms with Crippen molar-refractivity contribution < 1.29 is 0 Å². The molecule has 2 atom stereocenters. The molecular weight excluding hydrogens is 536 g/mol. The molecule has 0 spiro atoms. The van der Waals surface area contributed by atoms with Crippen molar-refractivity contribution in [2.75, 3.05) is 9.80 Å². The van der Waals surface area contributed by atoms with Gasteiger partial charge in [-0.15, -0.1) is 0 Å². The summed E-state index contributed by atoms with van der Waals surface area (Å²) in [6.45, 7) is 4.16. The molecule has 2 unspecified atom stereocenters. The van der Waals surface area contributed by atoms with Crippen molar-refractivity contribution in [3.05, 3.63) is 173 Å². The van der Waals surface area contributed by atoms with Crippen LogP contribution in [0.3, 0.4) is 0 Å². The molecule has 4 heteroatoms. The lowest BCUT2D eigenvalue weighted by Crippen LogP contribution is -2.32. The van der Waals surface area contributed by atoms with E-state index in [1.807, 2.05) is 12.4 Å². The molecule has 0 amide bonds. The molecule has 5 aromatic rings. The standard InChI is InChI=1S/C40H32N4/c1-27-13-23-37(41-25-27)43(31-9-5-3-6-10-31)35-21-17-29-16-20-34-36(22-18-30-15-19-33(35)39(29)40(30)34)44(32-11-7-4-8-12-32)38-24-14-28(2)26-42-38/h3-26,33,39H,1-2H3. The highest BCUT2D eigenvalue weighted by molar-refractivity contribution is 5.88. The van der Waals surface area contributed by atoms with E-state index in [-0.39, 0.29) is 11.8 Å². The van der Waals surface area contributed by atoms with Gasteiger partial charge in [-0.05, 0) is 90.2 Å². The number of hydrogen-bond acceptors (Lipinski definition) is 4. The van der Waals surface area contributed by atoms with Gasteiger partial charge in [-0.3, -0.25) is 9.80 Å². The quantitative estimate of drug-likeness (QED) is 0.204. The van der Waals surface area contributed by atoms with Crippen molar-refractivity contribution in [1.82, 2.24) is 9.97 Å². The van der Waals surface area contributed by atoms with Crippen molar-refractivity contribution in [2.24, 2.45) is 5.92 Å². The Morgan fingerprint density at radius 2 is 1.23 bits per heavy atom. The molecule has 8 rings (SSSR count). The first-order chi connectivity index (χ1) is 21.7. The third-order valence-electron chi connectivity index (χ3n) is 8.82. The van der Waals surface area contributed by atoms with E-state index in [2.05, 4.69) is 157 Å². The predicted molar refractivity (Wildman–Crippen MR) is 182 cm³/mol. The summed E-state index contributed by atoms with van der Waals surface area (Å²) in [5.41, 5.74) is 12.0. The van der Waals surface area contributed by atoms with Gasteiger partial charge in [0.05, 0.1) is 5.69 Å². The number of allylic oxidation sites excluding steroid dienone is 5. The zero-order valence-corrected chi connectivity index (χ0v) is 24.8. The van der Waals surface area contributed by atoms with Gasteiger partial charge < -0.3 is 0 Å². The highest BCUT2D eigenvalue weighted by Crippen LogP contribution is 2.53. The van der Waals surface area contributed by atoms with E-state index in [1.54, 1.807) is 0 Å². The fourth-order valence-electron chi connectivity index (χ4n) is 6.75. The average Bonchev–Trinajstić information content (AvgIpc) is 3.07. The Bertz CT molecular complexity index is 1970. The van der Waals surface area contributed by atoms with Crippen LogP contribution in [-0.2, 0) is 0 Å². The molecule has 0 saturated carbocycles. The fraction of sp³-hybridized carbons (Fsp3) is 0.100. The number of aryl methyl sites for hydroxylation is 2. The highest BCUT2D eigenvalue weighted by Gasteiger charge is 2.39. The third-order valence-corrected chi connectivity index (χ3v) is 8.82. The smallest absolute Gasteiger partial charge is 0.137 e. The van der Waals surface area contributed by atoms with Gasteiger partial charge >= 0.3 is 0 Å². The summed E-state index contributed by atoms with van der Waals surface area (Å²) in [4.78, 5) is 14.4. The Hall–Kier alpha value is -5.48. The minimum Gasteiger partial charge on any atom is -0.298 e. The summed E-state index contributed by atoms with van der Waals surface area (Å²) < 4.78 is 0. The number of anilines is 5. The van der Waals surface area contributed by atoms with Crippen LogP contribution in [0.15, 0.2) is 145 Å². The summed E-state index contributed by atoms with van der Waals surface area (Å²) >= 11 is 0. The molecule has 0 bridgehead atoms. The first kappa shape index (κ1) is 26.2. The van der Waals surface area contributed by atoms with Gasteiger partial charge in [0.1, 0.15) is 11.6 Å². The van der Waals surface area contributed by atoms with Crippen molar-refractivity contribution >= 4 is 40.8 Å². The molecule has 0 N–H and O–H groups in total. The van der Waals surface area contributed by atoms with Gasteiger partial charge in [-0.2, -0.15) is 0 Å². The second-order valence-corrected chi connectivity index (χ2v) is 11.7. The predicted octanol–water partition coefficient (Wildman–Crippen LogP) is 9.98. The van der Waals surface area contributed by atoms with Crippen LogP contribution in [-0.4, -0.2) is 9.97 Å². The summed E-state index contributed by atoms with van der Waals surface area (Å²) in [7, 11) is 0. The van der Waals surface area contributed by atoms with Crippen molar-refractivity contribution in [2.45, 2.75) is 19.8 Å². The number of rotatable bonds is 6. The van der Waals surface area contributed by atoms with E-state index in [9.17, 15) is 0 Å². The molecule has 4 nitrogen and oxygen atoms in total. The normalized spacial score (nSPS) is 17.4. The molecular formula is C40H32N4. The number of aromatic nitrogens is 2. The topological polar surface area (TPSA) is 32.3 Å². The van der Waals surface area contributed by atoms with Crippen LogP contribution < -0.4 is 9.80 Å². The van der Waals surface area contributed by atoms with Crippen molar-refractivity contribution in [3.63, 3.8) is 0 Å². The molecule has 3 aliphatic carbocycles. The maximum atomic E-state index is 4.89. The lowest BCUT2D eigenvalue weighted by atomic mass is 9.67. The lowest BCUT2D eigenvalue weighted by molar-refractivity contribution is 0.617. The maximum absolute atomic E-state index is 4.89. The largest absolute Gasteiger partial charge is 0.298 e. The summed E-state index contributed by atoms with van der Waals surface area (Å²) in [5.74, 6) is 2.16. The van der Waals surface area contributed by atoms with E-state index in [0.29, 0.717) is 0 Å². The van der Waals surface area contributed by atoms with E-state index in [1.165, 1.54) is 28.0 Å². The number of pyridine rings is 2. The molecule has 2 heterocycles. The van der Waals surface area contributed by atoms with E-state index < -0.39 is 0 Å². The first-order valence-corrected chi connectivity index (χ1v) is 15.2. The van der Waals surface area contributed by atoms with Crippen LogP contribution >= 0.6 is 0 Å². The van der Waals surface area contributed by atoms with Crippen LogP contribution in [0.4, 0.5) is 28.7 Å². The van der Waals surface area contributed by atoms with Crippen LogP contribution in [0.25, 0.3) is 12.2 Å². The number of benzene rings is 3. The van der Waals surface area contributed by atoms with Crippen molar-refractivity contribution in [3.8, 4) is 0 Å². The minimum atomic E-state index is 0.146. The Balaban J connectivity index is 1.28. The highest BCUT2D eigenvalue weighted by atomic mass is 15.2. The van der Waals surface area contributed by atoms with Crippen LogP contribution in [0, 0.1) is 19.8 Å². The first-order valence-electron chi connectivity index (χ1n) is 15.2. The monoisotopic (exact) mass is 568 g/mol. The second-order valence-electron chi connectivity index (χ2n) is 11.7.